The fourth-order valence-electron chi connectivity index (χ4n) is 4.26. The summed E-state index contributed by atoms with van der Waals surface area (Å²) in [5.41, 5.74) is 0.755. The van der Waals surface area contributed by atoms with Gasteiger partial charge in [0, 0.05) is 31.3 Å². The van der Waals surface area contributed by atoms with Crippen LogP contribution in [0, 0.1) is 5.92 Å². The first-order valence-corrected chi connectivity index (χ1v) is 13.2. The van der Waals surface area contributed by atoms with E-state index in [-0.39, 0.29) is 29.4 Å². The first kappa shape index (κ1) is 24.7. The topological polar surface area (TPSA) is 105 Å². The van der Waals surface area contributed by atoms with E-state index in [0.29, 0.717) is 48.8 Å². The second-order valence-corrected chi connectivity index (χ2v) is 10.9. The van der Waals surface area contributed by atoms with Crippen LogP contribution in [0.5, 0.6) is 0 Å². The maximum Gasteiger partial charge on any atom is 0.253 e. The lowest BCUT2D eigenvalue weighted by molar-refractivity contribution is -0.120. The minimum atomic E-state index is -3.74. The van der Waals surface area contributed by atoms with E-state index in [4.69, 9.17) is 16.3 Å². The van der Waals surface area contributed by atoms with Crippen molar-refractivity contribution in [3.63, 3.8) is 0 Å². The van der Waals surface area contributed by atoms with E-state index >= 15 is 0 Å². The van der Waals surface area contributed by atoms with Gasteiger partial charge in [-0.1, -0.05) is 23.7 Å². The maximum absolute atomic E-state index is 13.1. The van der Waals surface area contributed by atoms with Crippen molar-refractivity contribution >= 4 is 39.1 Å². The highest BCUT2D eigenvalue weighted by atomic mass is 35.5. The van der Waals surface area contributed by atoms with Gasteiger partial charge in [0.25, 0.3) is 5.91 Å². The monoisotopic (exact) mass is 505 g/mol. The highest BCUT2D eigenvalue weighted by Gasteiger charge is 2.33. The number of ether oxygens (including phenoxy) is 1. The van der Waals surface area contributed by atoms with E-state index in [1.165, 1.54) is 28.6 Å². The van der Waals surface area contributed by atoms with Gasteiger partial charge in [0.15, 0.2) is 0 Å². The standard InChI is InChI=1S/C24H28ClN3O5S/c25-18-9-11-20(12-10-18)34(31,32)28-13-3-5-17(16-28)23(29)27-22-8-2-1-7-21(22)24(30)26-15-19-6-4-14-33-19/h1-2,7-12,17,19H,3-6,13-16H2,(H,26,30)(H,27,29)/t17-,19+/m0/s1. The summed E-state index contributed by atoms with van der Waals surface area (Å²) in [7, 11) is -3.74. The van der Waals surface area contributed by atoms with Gasteiger partial charge in [-0.25, -0.2) is 8.42 Å². The Kier molecular flexibility index (Phi) is 7.88. The number of carbonyl (C=O) groups is 2. The summed E-state index contributed by atoms with van der Waals surface area (Å²) in [6.45, 7) is 1.54. The summed E-state index contributed by atoms with van der Waals surface area (Å²) in [4.78, 5) is 25.9. The number of sulfonamides is 1. The summed E-state index contributed by atoms with van der Waals surface area (Å²) < 4.78 is 33.0. The molecule has 2 aliphatic rings. The normalized spacial score (nSPS) is 21.2. The number of nitrogens with one attached hydrogen (secondary N) is 2. The summed E-state index contributed by atoms with van der Waals surface area (Å²) in [5.74, 6) is -1.13. The number of rotatable bonds is 7. The van der Waals surface area contributed by atoms with E-state index in [1.54, 1.807) is 24.3 Å². The molecule has 2 saturated heterocycles. The summed E-state index contributed by atoms with van der Waals surface area (Å²) >= 11 is 5.88. The molecule has 0 radical (unpaired) electrons. The number of benzene rings is 2. The molecular formula is C24H28ClN3O5S. The smallest absolute Gasteiger partial charge is 0.253 e. The van der Waals surface area contributed by atoms with E-state index in [9.17, 15) is 18.0 Å². The molecule has 2 aromatic rings. The second kappa shape index (κ2) is 10.9. The van der Waals surface area contributed by atoms with Crippen LogP contribution in [0.1, 0.15) is 36.0 Å². The zero-order chi connectivity index (χ0) is 24.1. The molecule has 0 unspecified atom stereocenters. The Hall–Kier alpha value is -2.46. The molecule has 0 aromatic heterocycles. The molecule has 4 rings (SSSR count). The summed E-state index contributed by atoms with van der Waals surface area (Å²) in [5, 5.41) is 6.16. The lowest BCUT2D eigenvalue weighted by Gasteiger charge is -2.31. The van der Waals surface area contributed by atoms with Gasteiger partial charge in [0.2, 0.25) is 15.9 Å². The minimum absolute atomic E-state index is 0.0153. The number of piperidine rings is 1. The van der Waals surface area contributed by atoms with Crippen LogP contribution in [0.4, 0.5) is 5.69 Å². The Bertz CT molecular complexity index is 1130. The largest absolute Gasteiger partial charge is 0.376 e. The van der Waals surface area contributed by atoms with Crippen molar-refractivity contribution in [2.24, 2.45) is 5.92 Å². The molecule has 2 N–H and O–H groups in total. The average Bonchev–Trinajstić information content (AvgIpc) is 3.37. The van der Waals surface area contributed by atoms with Gasteiger partial charge in [0.1, 0.15) is 0 Å². The number of nitrogens with zero attached hydrogens (tertiary/aromatic N) is 1. The zero-order valence-electron chi connectivity index (χ0n) is 18.7. The van der Waals surface area contributed by atoms with Crippen molar-refractivity contribution in [1.29, 1.82) is 0 Å². The van der Waals surface area contributed by atoms with Crippen LogP contribution in [-0.4, -0.2) is 56.9 Å². The molecule has 2 amide bonds. The molecule has 0 aliphatic carbocycles. The predicted molar refractivity (Wildman–Crippen MR) is 129 cm³/mol. The number of para-hydroxylation sites is 1. The lowest BCUT2D eigenvalue weighted by atomic mass is 9.98. The van der Waals surface area contributed by atoms with Gasteiger partial charge in [0.05, 0.1) is 28.2 Å². The maximum atomic E-state index is 13.1. The molecular weight excluding hydrogens is 478 g/mol. The van der Waals surface area contributed by atoms with E-state index < -0.39 is 15.9 Å². The van der Waals surface area contributed by atoms with Crippen molar-refractivity contribution in [1.82, 2.24) is 9.62 Å². The lowest BCUT2D eigenvalue weighted by Crippen LogP contribution is -2.43. The molecule has 0 saturated carbocycles. The van der Waals surface area contributed by atoms with E-state index in [1.807, 2.05) is 0 Å². The number of amides is 2. The molecule has 2 heterocycles. The zero-order valence-corrected chi connectivity index (χ0v) is 20.3. The van der Waals surface area contributed by atoms with Crippen LogP contribution in [0.2, 0.25) is 5.02 Å². The average molecular weight is 506 g/mol. The molecule has 2 fully saturated rings. The van der Waals surface area contributed by atoms with Crippen molar-refractivity contribution in [3.8, 4) is 0 Å². The van der Waals surface area contributed by atoms with Gasteiger partial charge in [-0.05, 0) is 62.1 Å². The second-order valence-electron chi connectivity index (χ2n) is 8.54. The minimum Gasteiger partial charge on any atom is -0.376 e. The van der Waals surface area contributed by atoms with Crippen molar-refractivity contribution in [2.75, 3.05) is 31.6 Å². The predicted octanol–water partition coefficient (Wildman–Crippen LogP) is 3.29. The third kappa shape index (κ3) is 5.78. The SMILES string of the molecule is O=C(NC[C@H]1CCCO1)c1ccccc1NC(=O)[C@H]1CCCN(S(=O)(=O)c2ccc(Cl)cc2)C1. The Balaban J connectivity index is 1.41. The van der Waals surface area contributed by atoms with Gasteiger partial charge in [-0.15, -0.1) is 0 Å². The van der Waals surface area contributed by atoms with Crippen molar-refractivity contribution in [2.45, 2.75) is 36.7 Å². The van der Waals surface area contributed by atoms with Crippen LogP contribution in [0.3, 0.4) is 0 Å². The number of hydrogen-bond acceptors (Lipinski definition) is 5. The van der Waals surface area contributed by atoms with E-state index in [0.717, 1.165) is 12.8 Å². The highest BCUT2D eigenvalue weighted by molar-refractivity contribution is 7.89. The van der Waals surface area contributed by atoms with Crippen LogP contribution in [0.15, 0.2) is 53.4 Å². The molecule has 34 heavy (non-hydrogen) atoms. The van der Waals surface area contributed by atoms with Crippen LogP contribution < -0.4 is 10.6 Å². The molecule has 2 aromatic carbocycles. The molecule has 2 atom stereocenters. The Morgan fingerprint density at radius 1 is 1.06 bits per heavy atom. The van der Waals surface area contributed by atoms with Gasteiger partial charge < -0.3 is 15.4 Å². The van der Waals surface area contributed by atoms with Crippen LogP contribution in [0.25, 0.3) is 0 Å². The molecule has 0 spiro atoms. The molecule has 182 valence electrons. The van der Waals surface area contributed by atoms with Crippen LogP contribution in [-0.2, 0) is 19.6 Å². The van der Waals surface area contributed by atoms with Crippen LogP contribution >= 0.6 is 11.6 Å². The summed E-state index contributed by atoms with van der Waals surface area (Å²) in [6.07, 6.45) is 3.04. The molecule has 0 bridgehead atoms. The summed E-state index contributed by atoms with van der Waals surface area (Å²) in [6, 6.07) is 12.8. The molecule has 10 heteroatoms. The van der Waals surface area contributed by atoms with Crippen molar-refractivity contribution in [3.05, 3.63) is 59.1 Å². The quantitative estimate of drug-likeness (QED) is 0.600. The Labute approximate surface area is 204 Å². The molecule has 8 nitrogen and oxygen atoms in total. The Morgan fingerprint density at radius 2 is 1.82 bits per heavy atom. The first-order valence-electron chi connectivity index (χ1n) is 11.4. The fraction of sp³-hybridized carbons (Fsp3) is 0.417. The molecule has 2 aliphatic heterocycles. The number of carbonyl (C=O) groups excluding carboxylic acids is 2. The first-order chi connectivity index (χ1) is 16.3. The van der Waals surface area contributed by atoms with Gasteiger partial charge in [-0.3, -0.25) is 9.59 Å². The fourth-order valence-corrected chi connectivity index (χ4v) is 5.91. The third-order valence-electron chi connectivity index (χ3n) is 6.15. The third-order valence-corrected chi connectivity index (χ3v) is 8.28. The Morgan fingerprint density at radius 3 is 2.56 bits per heavy atom. The van der Waals surface area contributed by atoms with Gasteiger partial charge in [-0.2, -0.15) is 4.31 Å². The highest BCUT2D eigenvalue weighted by Crippen LogP contribution is 2.26. The number of halogens is 1. The van der Waals surface area contributed by atoms with Crippen molar-refractivity contribution < 1.29 is 22.7 Å². The number of hydrogen-bond donors (Lipinski definition) is 2. The number of anilines is 1. The van der Waals surface area contributed by atoms with Gasteiger partial charge >= 0.3 is 0 Å². The van der Waals surface area contributed by atoms with E-state index in [2.05, 4.69) is 10.6 Å².